The lowest BCUT2D eigenvalue weighted by atomic mass is 9.95. The second-order valence-electron chi connectivity index (χ2n) is 3.75. The predicted octanol–water partition coefficient (Wildman–Crippen LogP) is 2.48. The quantitative estimate of drug-likeness (QED) is 0.603. The third-order valence-corrected chi connectivity index (χ3v) is 2.51. The van der Waals surface area contributed by atoms with E-state index in [-0.39, 0.29) is 0 Å². The highest BCUT2D eigenvalue weighted by atomic mass is 15.0. The summed E-state index contributed by atoms with van der Waals surface area (Å²) in [4.78, 5) is 4.38. The largest absolute Gasteiger partial charge is 0.352 e. The van der Waals surface area contributed by atoms with Crippen LogP contribution >= 0.6 is 0 Å². The fourth-order valence-corrected chi connectivity index (χ4v) is 1.76. The van der Waals surface area contributed by atoms with E-state index in [1.165, 1.54) is 5.69 Å². The smallest absolute Gasteiger partial charge is 0.0841 e. The van der Waals surface area contributed by atoms with Gasteiger partial charge in [-0.25, -0.2) is 0 Å². The second kappa shape index (κ2) is 2.47. The standard InChI is InChI=1S/C10H14N2/c1-7(2)8-6-11-9-4-5-12(3)10(8)9/h4-8H,1-3H3. The van der Waals surface area contributed by atoms with Crippen LogP contribution in [-0.4, -0.2) is 10.8 Å². The normalized spacial score (nSPS) is 20.5. The Morgan fingerprint density at radius 1 is 1.50 bits per heavy atom. The van der Waals surface area contributed by atoms with Gasteiger partial charge in [0.2, 0.25) is 0 Å². The van der Waals surface area contributed by atoms with E-state index in [0.717, 1.165) is 5.69 Å². The summed E-state index contributed by atoms with van der Waals surface area (Å²) >= 11 is 0. The molecule has 64 valence electrons. The summed E-state index contributed by atoms with van der Waals surface area (Å²) < 4.78 is 2.17. The first-order valence-electron chi connectivity index (χ1n) is 4.39. The van der Waals surface area contributed by atoms with Gasteiger partial charge in [-0.15, -0.1) is 0 Å². The average molecular weight is 162 g/mol. The van der Waals surface area contributed by atoms with Gasteiger partial charge >= 0.3 is 0 Å². The van der Waals surface area contributed by atoms with Gasteiger partial charge in [0.25, 0.3) is 0 Å². The molecule has 0 saturated carbocycles. The fourth-order valence-electron chi connectivity index (χ4n) is 1.76. The fraction of sp³-hybridized carbons (Fsp3) is 0.500. The van der Waals surface area contributed by atoms with E-state index >= 15 is 0 Å². The van der Waals surface area contributed by atoms with Crippen LogP contribution in [0.3, 0.4) is 0 Å². The van der Waals surface area contributed by atoms with Crippen LogP contribution in [0.5, 0.6) is 0 Å². The summed E-state index contributed by atoms with van der Waals surface area (Å²) in [7, 11) is 2.09. The highest BCUT2D eigenvalue weighted by Crippen LogP contribution is 2.36. The Balaban J connectivity index is 2.46. The van der Waals surface area contributed by atoms with Crippen molar-refractivity contribution in [2.45, 2.75) is 19.8 Å². The number of rotatable bonds is 1. The van der Waals surface area contributed by atoms with Gasteiger partial charge in [0.1, 0.15) is 0 Å². The second-order valence-corrected chi connectivity index (χ2v) is 3.75. The Morgan fingerprint density at radius 2 is 2.25 bits per heavy atom. The molecule has 0 aliphatic carbocycles. The number of nitrogens with zero attached hydrogens (tertiary/aromatic N) is 2. The first-order valence-corrected chi connectivity index (χ1v) is 4.39. The van der Waals surface area contributed by atoms with Crippen molar-refractivity contribution in [2.24, 2.45) is 18.0 Å². The molecule has 0 aromatic carbocycles. The van der Waals surface area contributed by atoms with Crippen molar-refractivity contribution in [3.05, 3.63) is 18.0 Å². The maximum atomic E-state index is 4.38. The third-order valence-electron chi connectivity index (χ3n) is 2.51. The summed E-state index contributed by atoms with van der Waals surface area (Å²) in [5.41, 5.74) is 2.52. The molecule has 0 spiro atoms. The molecule has 1 aliphatic rings. The predicted molar refractivity (Wildman–Crippen MR) is 51.1 cm³/mol. The maximum Gasteiger partial charge on any atom is 0.0841 e. The molecule has 2 heteroatoms. The summed E-state index contributed by atoms with van der Waals surface area (Å²) in [5.74, 6) is 1.16. The Morgan fingerprint density at radius 3 is 2.92 bits per heavy atom. The minimum absolute atomic E-state index is 0.514. The van der Waals surface area contributed by atoms with Gasteiger partial charge in [0.05, 0.1) is 11.4 Å². The monoisotopic (exact) mass is 162 g/mol. The SMILES string of the molecule is CC(C)C1C=Nc2ccn(C)c21. The number of hydrogen-bond acceptors (Lipinski definition) is 1. The number of hydrogen-bond donors (Lipinski definition) is 0. The van der Waals surface area contributed by atoms with Crippen LogP contribution in [0.2, 0.25) is 0 Å². The summed E-state index contributed by atoms with van der Waals surface area (Å²) in [6.45, 7) is 4.47. The summed E-state index contributed by atoms with van der Waals surface area (Å²) in [6.07, 6.45) is 4.14. The highest BCUT2D eigenvalue weighted by Gasteiger charge is 2.24. The van der Waals surface area contributed by atoms with Gasteiger partial charge < -0.3 is 4.57 Å². The van der Waals surface area contributed by atoms with E-state index in [0.29, 0.717) is 11.8 Å². The van der Waals surface area contributed by atoms with Crippen molar-refractivity contribution in [1.29, 1.82) is 0 Å². The molecule has 0 fully saturated rings. The van der Waals surface area contributed by atoms with Gasteiger partial charge in [0, 0.05) is 25.4 Å². The lowest BCUT2D eigenvalue weighted by Gasteiger charge is -2.13. The van der Waals surface area contributed by atoms with E-state index in [1.54, 1.807) is 0 Å². The van der Waals surface area contributed by atoms with Crippen LogP contribution in [0.15, 0.2) is 17.3 Å². The number of fused-ring (bicyclic) bond motifs is 1. The third kappa shape index (κ3) is 0.909. The molecule has 0 saturated heterocycles. The molecule has 2 heterocycles. The van der Waals surface area contributed by atoms with Gasteiger partial charge in [0.15, 0.2) is 0 Å². The molecule has 0 N–H and O–H groups in total. The average Bonchev–Trinajstić information content (AvgIpc) is 2.53. The maximum absolute atomic E-state index is 4.38. The van der Waals surface area contributed by atoms with Crippen molar-refractivity contribution in [1.82, 2.24) is 4.57 Å². The minimum Gasteiger partial charge on any atom is -0.352 e. The molecule has 1 atom stereocenters. The number of aliphatic imine (C=N–C) groups is 1. The minimum atomic E-state index is 0.514. The van der Waals surface area contributed by atoms with Gasteiger partial charge in [-0.1, -0.05) is 13.8 Å². The zero-order chi connectivity index (χ0) is 8.72. The van der Waals surface area contributed by atoms with Crippen LogP contribution in [0.1, 0.15) is 25.5 Å². The molecule has 1 aromatic rings. The summed E-state index contributed by atoms with van der Waals surface area (Å²) in [5, 5.41) is 0. The van der Waals surface area contributed by atoms with E-state index in [2.05, 4.69) is 48.9 Å². The van der Waals surface area contributed by atoms with E-state index in [1.807, 2.05) is 0 Å². The molecule has 1 aliphatic heterocycles. The molecule has 2 rings (SSSR count). The van der Waals surface area contributed by atoms with Crippen molar-refractivity contribution in [3.63, 3.8) is 0 Å². The molecule has 2 nitrogen and oxygen atoms in total. The Bertz CT molecular complexity index is 321. The van der Waals surface area contributed by atoms with Gasteiger partial charge in [-0.2, -0.15) is 0 Å². The first kappa shape index (κ1) is 7.59. The van der Waals surface area contributed by atoms with Crippen LogP contribution in [-0.2, 0) is 7.05 Å². The molecule has 1 aromatic heterocycles. The zero-order valence-electron chi connectivity index (χ0n) is 7.78. The van der Waals surface area contributed by atoms with Crippen molar-refractivity contribution in [3.8, 4) is 0 Å². The molecule has 0 amide bonds. The van der Waals surface area contributed by atoms with Crippen molar-refractivity contribution < 1.29 is 0 Å². The van der Waals surface area contributed by atoms with Crippen LogP contribution < -0.4 is 0 Å². The molecular formula is C10H14N2. The van der Waals surface area contributed by atoms with Crippen molar-refractivity contribution >= 4 is 11.9 Å². The Kier molecular flexibility index (Phi) is 1.56. The zero-order valence-corrected chi connectivity index (χ0v) is 7.78. The molecule has 1 unspecified atom stereocenters. The van der Waals surface area contributed by atoms with E-state index in [4.69, 9.17) is 0 Å². The summed E-state index contributed by atoms with van der Waals surface area (Å²) in [6, 6.07) is 2.08. The molecule has 12 heavy (non-hydrogen) atoms. The Hall–Kier alpha value is -1.05. The number of aromatic nitrogens is 1. The van der Waals surface area contributed by atoms with E-state index in [9.17, 15) is 0 Å². The van der Waals surface area contributed by atoms with Crippen LogP contribution in [0, 0.1) is 5.92 Å². The molecule has 0 bridgehead atoms. The van der Waals surface area contributed by atoms with Crippen LogP contribution in [0.25, 0.3) is 0 Å². The van der Waals surface area contributed by atoms with Gasteiger partial charge in [-0.05, 0) is 12.0 Å². The number of aryl methyl sites for hydroxylation is 1. The molecule has 0 radical (unpaired) electrons. The lowest BCUT2D eigenvalue weighted by molar-refractivity contribution is 0.588. The Labute approximate surface area is 72.9 Å². The highest BCUT2D eigenvalue weighted by molar-refractivity contribution is 5.79. The van der Waals surface area contributed by atoms with Crippen molar-refractivity contribution in [2.75, 3.05) is 0 Å². The van der Waals surface area contributed by atoms with E-state index < -0.39 is 0 Å². The van der Waals surface area contributed by atoms with Gasteiger partial charge in [-0.3, -0.25) is 4.99 Å². The lowest BCUT2D eigenvalue weighted by Crippen LogP contribution is -2.08. The first-order chi connectivity index (χ1) is 5.70. The van der Waals surface area contributed by atoms with Crippen LogP contribution in [0.4, 0.5) is 5.69 Å². The molecular weight excluding hydrogens is 148 g/mol. The topological polar surface area (TPSA) is 17.3 Å².